The standard InChI is InChI=1S/C18H30N4O4/c1-11(9-10-12(23)18(2,3)26)7-6-8-13-19-15-14(21(13)4)16(24)20-17(25)22(15)5/h11-12,23,26H,6-10H2,1-5H3,(H,20,24,25)/t11-,12?/m1/s1. The van der Waals surface area contributed by atoms with Crippen molar-refractivity contribution in [2.75, 3.05) is 0 Å². The lowest BCUT2D eigenvalue weighted by atomic mass is 9.91. The number of hydrogen-bond donors (Lipinski definition) is 3. The highest BCUT2D eigenvalue weighted by molar-refractivity contribution is 5.70. The fourth-order valence-electron chi connectivity index (χ4n) is 3.13. The summed E-state index contributed by atoms with van der Waals surface area (Å²) in [5, 5.41) is 19.7. The predicted molar refractivity (Wildman–Crippen MR) is 100 cm³/mol. The van der Waals surface area contributed by atoms with Gasteiger partial charge in [-0.15, -0.1) is 0 Å². The number of rotatable bonds is 8. The number of nitrogens with zero attached hydrogens (tertiary/aromatic N) is 3. The maximum absolute atomic E-state index is 12.0. The maximum atomic E-state index is 12.0. The van der Waals surface area contributed by atoms with Crippen LogP contribution in [0.3, 0.4) is 0 Å². The molecule has 2 heterocycles. The molecule has 0 amide bonds. The number of aryl methyl sites for hydroxylation is 3. The van der Waals surface area contributed by atoms with Crippen LogP contribution in [0.25, 0.3) is 11.2 Å². The van der Waals surface area contributed by atoms with Gasteiger partial charge in [-0.25, -0.2) is 9.78 Å². The average Bonchev–Trinajstić information content (AvgIpc) is 2.87. The van der Waals surface area contributed by atoms with Gasteiger partial charge in [-0.05, 0) is 39.0 Å². The van der Waals surface area contributed by atoms with Crippen molar-refractivity contribution in [2.45, 2.75) is 64.6 Å². The highest BCUT2D eigenvalue weighted by atomic mass is 16.3. The summed E-state index contributed by atoms with van der Waals surface area (Å²) in [6.45, 7) is 5.35. The average molecular weight is 366 g/mol. The molecule has 0 saturated heterocycles. The maximum Gasteiger partial charge on any atom is 0.329 e. The number of hydrogen-bond acceptors (Lipinski definition) is 5. The zero-order chi connectivity index (χ0) is 19.6. The van der Waals surface area contributed by atoms with Gasteiger partial charge in [0.05, 0.1) is 11.7 Å². The lowest BCUT2D eigenvalue weighted by Gasteiger charge is -2.25. The van der Waals surface area contributed by atoms with Gasteiger partial charge in [0.15, 0.2) is 11.2 Å². The van der Waals surface area contributed by atoms with E-state index in [9.17, 15) is 19.8 Å². The molecule has 8 nitrogen and oxygen atoms in total. The minimum Gasteiger partial charge on any atom is -0.390 e. The minimum atomic E-state index is -1.07. The Balaban J connectivity index is 1.97. The molecule has 3 N–H and O–H groups in total. The van der Waals surface area contributed by atoms with Gasteiger partial charge in [0.25, 0.3) is 5.56 Å². The molecule has 0 spiro atoms. The third-order valence-corrected chi connectivity index (χ3v) is 5.07. The van der Waals surface area contributed by atoms with Gasteiger partial charge < -0.3 is 14.8 Å². The first kappa shape index (κ1) is 20.4. The largest absolute Gasteiger partial charge is 0.390 e. The Bertz CT molecular complexity index is 872. The fraction of sp³-hybridized carbons (Fsp3) is 0.722. The molecule has 0 aliphatic carbocycles. The van der Waals surface area contributed by atoms with Crippen molar-refractivity contribution in [3.63, 3.8) is 0 Å². The van der Waals surface area contributed by atoms with Crippen molar-refractivity contribution >= 4 is 11.2 Å². The SMILES string of the molecule is C[C@H](CCCc1nc2c(c(=O)[nH]c(=O)n2C)n1C)CCC(O)C(C)(C)O. The van der Waals surface area contributed by atoms with Crippen molar-refractivity contribution in [1.29, 1.82) is 0 Å². The van der Waals surface area contributed by atoms with Crippen LogP contribution in [0, 0.1) is 5.92 Å². The van der Waals surface area contributed by atoms with Crippen LogP contribution in [-0.4, -0.2) is 41.0 Å². The van der Waals surface area contributed by atoms with Crippen LogP contribution in [0.15, 0.2) is 9.59 Å². The van der Waals surface area contributed by atoms with E-state index in [-0.39, 0.29) is 0 Å². The number of fused-ring (bicyclic) bond motifs is 1. The van der Waals surface area contributed by atoms with E-state index in [0.717, 1.165) is 25.1 Å². The van der Waals surface area contributed by atoms with Crippen LogP contribution < -0.4 is 11.2 Å². The van der Waals surface area contributed by atoms with Crippen molar-refractivity contribution in [3.8, 4) is 0 Å². The Morgan fingerprint density at radius 3 is 2.42 bits per heavy atom. The molecule has 0 fully saturated rings. The second-order valence-electron chi connectivity index (χ2n) is 7.82. The zero-order valence-corrected chi connectivity index (χ0v) is 16.2. The van der Waals surface area contributed by atoms with E-state index in [1.165, 1.54) is 4.57 Å². The van der Waals surface area contributed by atoms with Gasteiger partial charge in [0, 0.05) is 20.5 Å². The monoisotopic (exact) mass is 366 g/mol. The first-order valence-corrected chi connectivity index (χ1v) is 9.07. The molecule has 0 aliphatic rings. The number of aliphatic hydroxyl groups is 2. The van der Waals surface area contributed by atoms with Crippen LogP contribution in [0.1, 0.15) is 52.3 Å². The Kier molecular flexibility index (Phi) is 6.08. The first-order valence-electron chi connectivity index (χ1n) is 9.07. The zero-order valence-electron chi connectivity index (χ0n) is 16.2. The molecule has 0 radical (unpaired) electrons. The summed E-state index contributed by atoms with van der Waals surface area (Å²) in [6.07, 6.45) is 3.23. The Labute approximate surface area is 152 Å². The van der Waals surface area contributed by atoms with Crippen molar-refractivity contribution < 1.29 is 10.2 Å². The highest BCUT2D eigenvalue weighted by Gasteiger charge is 2.24. The quantitative estimate of drug-likeness (QED) is 0.640. The molecule has 0 aliphatic heterocycles. The van der Waals surface area contributed by atoms with Crippen molar-refractivity contribution in [1.82, 2.24) is 19.1 Å². The van der Waals surface area contributed by atoms with Gasteiger partial charge in [0.1, 0.15) is 5.82 Å². The van der Waals surface area contributed by atoms with Crippen molar-refractivity contribution in [3.05, 3.63) is 26.7 Å². The fourth-order valence-corrected chi connectivity index (χ4v) is 3.13. The van der Waals surface area contributed by atoms with E-state index >= 15 is 0 Å². The summed E-state index contributed by atoms with van der Waals surface area (Å²) >= 11 is 0. The van der Waals surface area contributed by atoms with Gasteiger partial charge in [-0.1, -0.05) is 13.3 Å². The molecule has 0 saturated carbocycles. The summed E-state index contributed by atoms with van der Waals surface area (Å²) in [5.74, 6) is 1.19. The molecular weight excluding hydrogens is 336 g/mol. The van der Waals surface area contributed by atoms with E-state index in [0.29, 0.717) is 29.9 Å². The Hall–Kier alpha value is -1.93. The number of aliphatic hydroxyl groups excluding tert-OH is 1. The molecule has 2 atom stereocenters. The summed E-state index contributed by atoms with van der Waals surface area (Å²) in [4.78, 5) is 30.5. The molecule has 146 valence electrons. The molecule has 8 heteroatoms. The summed E-state index contributed by atoms with van der Waals surface area (Å²) in [5.41, 5.74) is -1.15. The van der Waals surface area contributed by atoms with Gasteiger partial charge in [-0.2, -0.15) is 0 Å². The van der Waals surface area contributed by atoms with Crippen LogP contribution in [-0.2, 0) is 20.5 Å². The summed E-state index contributed by atoms with van der Waals surface area (Å²) < 4.78 is 3.09. The van der Waals surface area contributed by atoms with Crippen LogP contribution in [0.5, 0.6) is 0 Å². The molecule has 1 unspecified atom stereocenters. The lowest BCUT2D eigenvalue weighted by molar-refractivity contribution is -0.0535. The van der Waals surface area contributed by atoms with E-state index < -0.39 is 23.0 Å². The van der Waals surface area contributed by atoms with Gasteiger partial charge in [-0.3, -0.25) is 14.3 Å². The second kappa shape index (κ2) is 7.75. The Morgan fingerprint density at radius 2 is 1.81 bits per heavy atom. The number of aromatic amines is 1. The first-order chi connectivity index (χ1) is 12.0. The molecule has 2 aromatic rings. The third kappa shape index (κ3) is 4.42. The summed E-state index contributed by atoms with van der Waals surface area (Å²) in [7, 11) is 3.38. The van der Waals surface area contributed by atoms with E-state index in [1.54, 1.807) is 32.5 Å². The third-order valence-electron chi connectivity index (χ3n) is 5.07. The topological polar surface area (TPSA) is 113 Å². The number of imidazole rings is 1. The predicted octanol–water partition coefficient (Wildman–Crippen LogP) is 0.831. The second-order valence-corrected chi connectivity index (χ2v) is 7.82. The molecule has 2 aromatic heterocycles. The lowest BCUT2D eigenvalue weighted by Crippen LogP contribution is -2.35. The minimum absolute atomic E-state index is 0.401. The van der Waals surface area contributed by atoms with Crippen LogP contribution in [0.4, 0.5) is 0 Å². The van der Waals surface area contributed by atoms with E-state index in [2.05, 4.69) is 16.9 Å². The number of nitrogens with one attached hydrogen (secondary N) is 1. The molecule has 0 bridgehead atoms. The molecule has 0 aromatic carbocycles. The Morgan fingerprint density at radius 1 is 1.15 bits per heavy atom. The number of aromatic nitrogens is 4. The van der Waals surface area contributed by atoms with E-state index in [1.807, 2.05) is 0 Å². The number of H-pyrrole nitrogens is 1. The highest BCUT2D eigenvalue weighted by Crippen LogP contribution is 2.20. The van der Waals surface area contributed by atoms with Gasteiger partial charge >= 0.3 is 5.69 Å². The molecular formula is C18H30N4O4. The molecule has 2 rings (SSSR count). The smallest absolute Gasteiger partial charge is 0.329 e. The van der Waals surface area contributed by atoms with Gasteiger partial charge in [0.2, 0.25) is 0 Å². The summed E-state index contributed by atoms with van der Waals surface area (Å²) in [6, 6.07) is 0. The van der Waals surface area contributed by atoms with E-state index in [4.69, 9.17) is 0 Å². The normalized spacial score (nSPS) is 14.7. The van der Waals surface area contributed by atoms with Crippen molar-refractivity contribution in [2.24, 2.45) is 20.0 Å². The van der Waals surface area contributed by atoms with Crippen LogP contribution >= 0.6 is 0 Å². The molecule has 26 heavy (non-hydrogen) atoms. The van der Waals surface area contributed by atoms with Crippen LogP contribution in [0.2, 0.25) is 0 Å².